The minimum absolute atomic E-state index is 0.0843. The number of carbonyl (C=O) groups is 1. The van der Waals surface area contributed by atoms with Crippen molar-refractivity contribution in [2.24, 2.45) is 0 Å². The van der Waals surface area contributed by atoms with E-state index < -0.39 is 5.97 Å². The van der Waals surface area contributed by atoms with E-state index in [1.54, 1.807) is 6.20 Å². The molecule has 2 heterocycles. The molecule has 0 radical (unpaired) electrons. The first-order valence-electron chi connectivity index (χ1n) is 5.51. The average Bonchev–Trinajstić information content (AvgIpc) is 2.39. The fraction of sp³-hybridized carbons (Fsp3) is 0.545. The van der Waals surface area contributed by atoms with Crippen LogP contribution in [0.1, 0.15) is 34.9 Å². The zero-order valence-electron chi connectivity index (χ0n) is 9.50. The molecule has 2 rings (SSSR count). The Hall–Kier alpha value is -0.750. The van der Waals surface area contributed by atoms with Crippen LogP contribution in [0.25, 0.3) is 0 Å². The Morgan fingerprint density at radius 2 is 2.29 bits per heavy atom. The predicted molar refractivity (Wildman–Crippen MR) is 70.7 cm³/mol. The summed E-state index contributed by atoms with van der Waals surface area (Å²) in [5, 5.41) is 9.63. The fourth-order valence-electron chi connectivity index (χ4n) is 1.77. The number of rotatable bonds is 3. The standard InChI is InChI=1S/C11H14N2O2S2/c1-2-8-9(17-6-5-16-8)10-12-4-3-7(13-10)11(14)15/h3-4,8-9H,2,5-6H2,1H3,(H,14,15). The number of carboxylic acid groups (broad SMARTS) is 1. The van der Waals surface area contributed by atoms with Crippen LogP contribution < -0.4 is 0 Å². The molecule has 4 nitrogen and oxygen atoms in total. The SMILES string of the molecule is CCC1SCCSC1c1nccc(C(=O)O)n1. The summed E-state index contributed by atoms with van der Waals surface area (Å²) in [6.45, 7) is 2.15. The topological polar surface area (TPSA) is 63.1 Å². The molecule has 6 heteroatoms. The summed E-state index contributed by atoms with van der Waals surface area (Å²) in [7, 11) is 0. The maximum absolute atomic E-state index is 10.9. The fourth-order valence-corrected chi connectivity index (χ4v) is 4.77. The van der Waals surface area contributed by atoms with Gasteiger partial charge in [0.1, 0.15) is 5.82 Å². The molecule has 92 valence electrons. The minimum atomic E-state index is -0.991. The molecule has 1 aromatic heterocycles. The summed E-state index contributed by atoms with van der Waals surface area (Å²) < 4.78 is 0. The van der Waals surface area contributed by atoms with Crippen molar-refractivity contribution in [1.29, 1.82) is 0 Å². The van der Waals surface area contributed by atoms with Gasteiger partial charge in [-0.1, -0.05) is 6.92 Å². The lowest BCUT2D eigenvalue weighted by Crippen LogP contribution is -2.21. The molecule has 2 atom stereocenters. The van der Waals surface area contributed by atoms with Gasteiger partial charge in [0.05, 0.1) is 5.25 Å². The van der Waals surface area contributed by atoms with Gasteiger partial charge in [0.15, 0.2) is 5.69 Å². The van der Waals surface area contributed by atoms with Crippen LogP contribution in [-0.2, 0) is 0 Å². The van der Waals surface area contributed by atoms with E-state index in [4.69, 9.17) is 5.11 Å². The van der Waals surface area contributed by atoms with E-state index >= 15 is 0 Å². The molecular weight excluding hydrogens is 256 g/mol. The highest BCUT2D eigenvalue weighted by atomic mass is 32.2. The first kappa shape index (κ1) is 12.7. The van der Waals surface area contributed by atoms with Gasteiger partial charge in [-0.2, -0.15) is 11.8 Å². The van der Waals surface area contributed by atoms with E-state index in [1.807, 2.05) is 23.5 Å². The second kappa shape index (κ2) is 5.73. The van der Waals surface area contributed by atoms with E-state index in [9.17, 15) is 4.79 Å². The molecule has 1 aromatic rings. The number of carboxylic acids is 1. The van der Waals surface area contributed by atoms with Crippen molar-refractivity contribution in [2.45, 2.75) is 23.8 Å². The lowest BCUT2D eigenvalue weighted by atomic mass is 10.2. The van der Waals surface area contributed by atoms with Gasteiger partial charge in [-0.3, -0.25) is 0 Å². The second-order valence-corrected chi connectivity index (χ2v) is 6.31. The van der Waals surface area contributed by atoms with Crippen LogP contribution in [0, 0.1) is 0 Å². The summed E-state index contributed by atoms with van der Waals surface area (Å²) in [5.74, 6) is 1.90. The predicted octanol–water partition coefficient (Wildman–Crippen LogP) is 2.47. The Labute approximate surface area is 109 Å². The maximum atomic E-state index is 10.9. The molecule has 1 N–H and O–H groups in total. The van der Waals surface area contributed by atoms with Crippen LogP contribution in [0.4, 0.5) is 0 Å². The van der Waals surface area contributed by atoms with Crippen molar-refractivity contribution in [3.05, 3.63) is 23.8 Å². The number of thioether (sulfide) groups is 2. The van der Waals surface area contributed by atoms with Crippen molar-refractivity contribution in [3.8, 4) is 0 Å². The first-order valence-corrected chi connectivity index (χ1v) is 7.61. The van der Waals surface area contributed by atoms with E-state index in [-0.39, 0.29) is 10.9 Å². The molecule has 1 aliphatic heterocycles. The molecule has 1 aliphatic rings. The molecule has 2 unspecified atom stereocenters. The summed E-state index contributed by atoms with van der Waals surface area (Å²) in [5.41, 5.74) is 0.0843. The third-order valence-electron chi connectivity index (χ3n) is 2.60. The van der Waals surface area contributed by atoms with Crippen LogP contribution >= 0.6 is 23.5 Å². The van der Waals surface area contributed by atoms with Gasteiger partial charge < -0.3 is 5.11 Å². The van der Waals surface area contributed by atoms with Crippen LogP contribution in [0.2, 0.25) is 0 Å². The van der Waals surface area contributed by atoms with Gasteiger partial charge in [0.2, 0.25) is 0 Å². The van der Waals surface area contributed by atoms with Gasteiger partial charge in [-0.15, -0.1) is 11.8 Å². The van der Waals surface area contributed by atoms with Gasteiger partial charge in [0.25, 0.3) is 0 Å². The Balaban J connectivity index is 2.25. The molecule has 1 saturated heterocycles. The zero-order chi connectivity index (χ0) is 12.3. The molecule has 0 aromatic carbocycles. The van der Waals surface area contributed by atoms with Crippen LogP contribution in [0.3, 0.4) is 0 Å². The molecule has 17 heavy (non-hydrogen) atoms. The molecule has 0 saturated carbocycles. The molecular formula is C11H14N2O2S2. The molecule has 0 amide bonds. The van der Waals surface area contributed by atoms with E-state index in [2.05, 4.69) is 16.9 Å². The average molecular weight is 270 g/mol. The van der Waals surface area contributed by atoms with E-state index in [0.29, 0.717) is 11.1 Å². The van der Waals surface area contributed by atoms with Crippen LogP contribution in [0.15, 0.2) is 12.3 Å². The van der Waals surface area contributed by atoms with Gasteiger partial charge in [-0.05, 0) is 12.5 Å². The van der Waals surface area contributed by atoms with Gasteiger partial charge in [-0.25, -0.2) is 14.8 Å². The van der Waals surface area contributed by atoms with Crippen LogP contribution in [-0.4, -0.2) is 37.8 Å². The molecule has 0 spiro atoms. The lowest BCUT2D eigenvalue weighted by molar-refractivity contribution is 0.0690. The van der Waals surface area contributed by atoms with Gasteiger partial charge in [0, 0.05) is 23.0 Å². The van der Waals surface area contributed by atoms with Gasteiger partial charge >= 0.3 is 5.97 Å². The maximum Gasteiger partial charge on any atom is 0.354 e. The third kappa shape index (κ3) is 2.93. The highest BCUT2D eigenvalue weighted by Gasteiger charge is 2.29. The number of hydrogen-bond donors (Lipinski definition) is 1. The Morgan fingerprint density at radius 3 is 3.00 bits per heavy atom. The number of nitrogens with zero attached hydrogens (tertiary/aromatic N) is 2. The highest BCUT2D eigenvalue weighted by molar-refractivity contribution is 8.06. The van der Waals surface area contributed by atoms with Crippen molar-refractivity contribution in [2.75, 3.05) is 11.5 Å². The number of aromatic nitrogens is 2. The zero-order valence-corrected chi connectivity index (χ0v) is 11.1. The largest absolute Gasteiger partial charge is 0.477 e. The smallest absolute Gasteiger partial charge is 0.354 e. The Bertz CT molecular complexity index is 414. The van der Waals surface area contributed by atoms with E-state index in [1.165, 1.54) is 6.07 Å². The number of hydrogen-bond acceptors (Lipinski definition) is 5. The van der Waals surface area contributed by atoms with Crippen molar-refractivity contribution in [1.82, 2.24) is 9.97 Å². The van der Waals surface area contributed by atoms with Crippen molar-refractivity contribution < 1.29 is 9.90 Å². The number of aromatic carboxylic acids is 1. The quantitative estimate of drug-likeness (QED) is 0.910. The van der Waals surface area contributed by atoms with E-state index in [0.717, 1.165) is 17.9 Å². The third-order valence-corrected chi connectivity index (χ3v) is 5.84. The highest BCUT2D eigenvalue weighted by Crippen LogP contribution is 2.42. The Morgan fingerprint density at radius 1 is 1.53 bits per heavy atom. The van der Waals surface area contributed by atoms with Crippen molar-refractivity contribution >= 4 is 29.5 Å². The van der Waals surface area contributed by atoms with Crippen molar-refractivity contribution in [3.63, 3.8) is 0 Å². The lowest BCUT2D eigenvalue weighted by Gasteiger charge is -2.28. The minimum Gasteiger partial charge on any atom is -0.477 e. The first-order chi connectivity index (χ1) is 8.22. The molecule has 0 aliphatic carbocycles. The van der Waals surface area contributed by atoms with Crippen LogP contribution in [0.5, 0.6) is 0 Å². The summed E-state index contributed by atoms with van der Waals surface area (Å²) in [4.78, 5) is 19.3. The normalized spacial score (nSPS) is 24.5. The summed E-state index contributed by atoms with van der Waals surface area (Å²) in [6.07, 6.45) is 2.60. The molecule has 1 fully saturated rings. The Kier molecular flexibility index (Phi) is 4.28. The summed E-state index contributed by atoms with van der Waals surface area (Å²) in [6, 6.07) is 1.44. The monoisotopic (exact) mass is 270 g/mol. The molecule has 0 bridgehead atoms. The summed E-state index contributed by atoms with van der Waals surface area (Å²) >= 11 is 3.76. The second-order valence-electron chi connectivity index (χ2n) is 3.71.